The Kier molecular flexibility index (Phi) is 3.23. The van der Waals surface area contributed by atoms with Crippen molar-refractivity contribution in [3.8, 4) is 11.4 Å². The minimum Gasteiger partial charge on any atom is -0.368 e. The summed E-state index contributed by atoms with van der Waals surface area (Å²) in [6.45, 7) is 5.66. The zero-order valence-corrected chi connectivity index (χ0v) is 10.6. The molecule has 0 bridgehead atoms. The number of rotatable bonds is 2. The summed E-state index contributed by atoms with van der Waals surface area (Å²) >= 11 is 0. The van der Waals surface area contributed by atoms with Crippen LogP contribution in [0.1, 0.15) is 31.2 Å². The van der Waals surface area contributed by atoms with Crippen molar-refractivity contribution in [3.05, 3.63) is 35.4 Å². The van der Waals surface area contributed by atoms with Gasteiger partial charge in [-0.25, -0.2) is 9.37 Å². The third-order valence-electron chi connectivity index (χ3n) is 2.60. The fourth-order valence-corrected chi connectivity index (χ4v) is 1.58. The van der Waals surface area contributed by atoms with E-state index in [1.807, 2.05) is 13.8 Å². The van der Waals surface area contributed by atoms with E-state index in [1.165, 1.54) is 6.07 Å². The van der Waals surface area contributed by atoms with Crippen molar-refractivity contribution in [2.24, 2.45) is 0 Å². The molecule has 1 aromatic heterocycles. The highest BCUT2D eigenvalue weighted by molar-refractivity contribution is 5.57. The second kappa shape index (κ2) is 4.68. The van der Waals surface area contributed by atoms with Gasteiger partial charge in [0.1, 0.15) is 11.6 Å². The molecule has 2 aromatic rings. The van der Waals surface area contributed by atoms with Crippen LogP contribution in [0.4, 0.5) is 10.3 Å². The largest absolute Gasteiger partial charge is 0.368 e. The fraction of sp³-hybridized carbons (Fsp3) is 0.308. The first-order valence-electron chi connectivity index (χ1n) is 5.75. The van der Waals surface area contributed by atoms with E-state index in [4.69, 9.17) is 5.73 Å². The molecule has 0 fully saturated rings. The number of nitrogens with two attached hydrogens (primary N) is 1. The predicted octanol–water partition coefficient (Wildman–Crippen LogP) is 2.69. The molecule has 0 amide bonds. The van der Waals surface area contributed by atoms with E-state index in [1.54, 1.807) is 19.1 Å². The maximum absolute atomic E-state index is 13.2. The van der Waals surface area contributed by atoms with Gasteiger partial charge in [0.25, 0.3) is 0 Å². The van der Waals surface area contributed by atoms with Crippen LogP contribution >= 0.6 is 0 Å². The van der Waals surface area contributed by atoms with E-state index in [0.717, 1.165) is 5.56 Å². The quantitative estimate of drug-likeness (QED) is 0.884. The van der Waals surface area contributed by atoms with Crippen LogP contribution in [0.25, 0.3) is 11.4 Å². The van der Waals surface area contributed by atoms with Gasteiger partial charge >= 0.3 is 0 Å². The molecule has 0 unspecified atom stereocenters. The first-order valence-corrected chi connectivity index (χ1v) is 5.75. The Morgan fingerprint density at radius 1 is 1.17 bits per heavy atom. The summed E-state index contributed by atoms with van der Waals surface area (Å²) in [6, 6.07) is 4.75. The topological polar surface area (TPSA) is 64.7 Å². The molecule has 0 aliphatic heterocycles. The second-order valence-corrected chi connectivity index (χ2v) is 4.49. The van der Waals surface area contributed by atoms with Gasteiger partial charge in [0, 0.05) is 11.5 Å². The number of hydrogen-bond donors (Lipinski definition) is 1. The number of aryl methyl sites for hydroxylation is 1. The number of aromatic nitrogens is 3. The average Bonchev–Trinajstić information content (AvgIpc) is 2.31. The van der Waals surface area contributed by atoms with Gasteiger partial charge in [-0.1, -0.05) is 13.8 Å². The normalized spacial score (nSPS) is 10.9. The highest BCUT2D eigenvalue weighted by Crippen LogP contribution is 2.20. The highest BCUT2D eigenvalue weighted by atomic mass is 19.1. The van der Waals surface area contributed by atoms with Gasteiger partial charge in [-0.05, 0) is 30.7 Å². The summed E-state index contributed by atoms with van der Waals surface area (Å²) in [5.74, 6) is 1.22. The Bertz CT molecular complexity index is 581. The van der Waals surface area contributed by atoms with Crippen molar-refractivity contribution in [1.82, 2.24) is 15.0 Å². The van der Waals surface area contributed by atoms with Crippen LogP contribution in [0.2, 0.25) is 0 Å². The van der Waals surface area contributed by atoms with Crippen LogP contribution in [-0.4, -0.2) is 15.0 Å². The number of nitrogens with zero attached hydrogens (tertiary/aromatic N) is 3. The SMILES string of the molecule is Cc1cc(-c2nc(N)nc(C(C)C)n2)ccc1F. The van der Waals surface area contributed by atoms with Gasteiger partial charge < -0.3 is 5.73 Å². The lowest BCUT2D eigenvalue weighted by atomic mass is 10.1. The fourth-order valence-electron chi connectivity index (χ4n) is 1.58. The lowest BCUT2D eigenvalue weighted by molar-refractivity contribution is 0.618. The molecule has 4 nitrogen and oxygen atoms in total. The van der Waals surface area contributed by atoms with E-state index in [2.05, 4.69) is 15.0 Å². The molecule has 2 N–H and O–H groups in total. The van der Waals surface area contributed by atoms with E-state index >= 15 is 0 Å². The Morgan fingerprint density at radius 3 is 2.50 bits per heavy atom. The monoisotopic (exact) mass is 246 g/mol. The van der Waals surface area contributed by atoms with Crippen molar-refractivity contribution in [2.45, 2.75) is 26.7 Å². The summed E-state index contributed by atoms with van der Waals surface area (Å²) in [7, 11) is 0. The Balaban J connectivity index is 2.53. The van der Waals surface area contributed by atoms with Crippen LogP contribution in [0.5, 0.6) is 0 Å². The molecule has 1 aromatic carbocycles. The van der Waals surface area contributed by atoms with Crippen LogP contribution in [-0.2, 0) is 0 Å². The number of nitrogen functional groups attached to an aromatic ring is 1. The van der Waals surface area contributed by atoms with Gasteiger partial charge in [-0.2, -0.15) is 9.97 Å². The first-order chi connectivity index (χ1) is 8.47. The Labute approximate surface area is 105 Å². The van der Waals surface area contributed by atoms with Crippen molar-refractivity contribution in [1.29, 1.82) is 0 Å². The molecular weight excluding hydrogens is 231 g/mol. The molecule has 0 spiro atoms. The van der Waals surface area contributed by atoms with Gasteiger partial charge in [0.05, 0.1) is 0 Å². The average molecular weight is 246 g/mol. The van der Waals surface area contributed by atoms with Crippen molar-refractivity contribution in [3.63, 3.8) is 0 Å². The summed E-state index contributed by atoms with van der Waals surface area (Å²) in [5, 5.41) is 0. The molecule has 5 heteroatoms. The minimum absolute atomic E-state index is 0.163. The number of benzene rings is 1. The first kappa shape index (κ1) is 12.4. The van der Waals surface area contributed by atoms with Crippen LogP contribution in [0, 0.1) is 12.7 Å². The molecule has 0 saturated heterocycles. The summed E-state index contributed by atoms with van der Waals surface area (Å²) < 4.78 is 13.2. The van der Waals surface area contributed by atoms with E-state index in [0.29, 0.717) is 17.2 Å². The van der Waals surface area contributed by atoms with Gasteiger partial charge in [0.15, 0.2) is 5.82 Å². The van der Waals surface area contributed by atoms with E-state index < -0.39 is 0 Å². The van der Waals surface area contributed by atoms with Crippen molar-refractivity contribution < 1.29 is 4.39 Å². The van der Waals surface area contributed by atoms with Gasteiger partial charge in [-0.15, -0.1) is 0 Å². The maximum Gasteiger partial charge on any atom is 0.223 e. The molecule has 94 valence electrons. The second-order valence-electron chi connectivity index (χ2n) is 4.49. The third kappa shape index (κ3) is 2.45. The zero-order chi connectivity index (χ0) is 13.3. The van der Waals surface area contributed by atoms with Crippen LogP contribution in [0.3, 0.4) is 0 Å². The molecule has 0 aliphatic rings. The lowest BCUT2D eigenvalue weighted by Gasteiger charge is -2.07. The molecule has 0 radical (unpaired) electrons. The summed E-state index contributed by atoms with van der Waals surface area (Å²) in [5.41, 5.74) is 6.96. The van der Waals surface area contributed by atoms with Crippen LogP contribution in [0.15, 0.2) is 18.2 Å². The van der Waals surface area contributed by atoms with Gasteiger partial charge in [-0.3, -0.25) is 0 Å². The van der Waals surface area contributed by atoms with Crippen LogP contribution < -0.4 is 5.73 Å². The molecule has 0 aliphatic carbocycles. The molecular formula is C13H15FN4. The molecule has 18 heavy (non-hydrogen) atoms. The number of anilines is 1. The zero-order valence-electron chi connectivity index (χ0n) is 10.6. The minimum atomic E-state index is -0.245. The Morgan fingerprint density at radius 2 is 1.89 bits per heavy atom. The maximum atomic E-state index is 13.2. The molecule has 0 saturated carbocycles. The van der Waals surface area contributed by atoms with E-state index in [9.17, 15) is 4.39 Å². The summed E-state index contributed by atoms with van der Waals surface area (Å²) in [4.78, 5) is 12.5. The molecule has 1 heterocycles. The molecule has 0 atom stereocenters. The predicted molar refractivity (Wildman–Crippen MR) is 68.5 cm³/mol. The van der Waals surface area contributed by atoms with Gasteiger partial charge in [0.2, 0.25) is 5.95 Å². The Hall–Kier alpha value is -2.04. The van der Waals surface area contributed by atoms with Crippen molar-refractivity contribution in [2.75, 3.05) is 5.73 Å². The van der Waals surface area contributed by atoms with E-state index in [-0.39, 0.29) is 17.7 Å². The number of halogens is 1. The molecule has 2 rings (SSSR count). The third-order valence-corrected chi connectivity index (χ3v) is 2.60. The standard InChI is InChI=1S/C13H15FN4/c1-7(2)11-16-12(18-13(15)17-11)9-4-5-10(14)8(3)6-9/h4-7H,1-3H3,(H2,15,16,17,18). The lowest BCUT2D eigenvalue weighted by Crippen LogP contribution is -2.06. The smallest absolute Gasteiger partial charge is 0.223 e. The van der Waals surface area contributed by atoms with Crippen molar-refractivity contribution >= 4 is 5.95 Å². The highest BCUT2D eigenvalue weighted by Gasteiger charge is 2.10. The number of hydrogen-bond acceptors (Lipinski definition) is 4. The summed E-state index contributed by atoms with van der Waals surface area (Å²) in [6.07, 6.45) is 0.